The largest absolute Gasteiger partial charge is 0.325 e. The van der Waals surface area contributed by atoms with Crippen LogP contribution in [0.1, 0.15) is 13.3 Å². The molecule has 0 aliphatic heterocycles. The summed E-state index contributed by atoms with van der Waals surface area (Å²) in [5.74, 6) is 0.0265. The first-order chi connectivity index (χ1) is 10.1. The Balaban J connectivity index is 2.01. The lowest BCUT2D eigenvalue weighted by Gasteiger charge is -2.15. The maximum atomic E-state index is 12.3. The zero-order valence-corrected chi connectivity index (χ0v) is 15.2. The zero-order valence-electron chi connectivity index (χ0n) is 11.5. The second-order valence-electron chi connectivity index (χ2n) is 4.46. The maximum absolute atomic E-state index is 12.3. The number of benzene rings is 2. The number of thioether (sulfide) groups is 1. The highest BCUT2D eigenvalue weighted by molar-refractivity contribution is 14.1. The molecule has 0 aliphatic rings. The van der Waals surface area contributed by atoms with Gasteiger partial charge in [0.25, 0.3) is 0 Å². The molecule has 21 heavy (non-hydrogen) atoms. The van der Waals surface area contributed by atoms with Crippen LogP contribution >= 0.6 is 46.0 Å². The Kier molecular flexibility index (Phi) is 6.39. The van der Waals surface area contributed by atoms with E-state index in [4.69, 9.17) is 11.6 Å². The molecular weight excluding hydrogens is 417 g/mol. The molecule has 2 nitrogen and oxygen atoms in total. The molecule has 0 aliphatic carbocycles. The predicted molar refractivity (Wildman–Crippen MR) is 99.2 cm³/mol. The molecule has 1 N–H and O–H groups in total. The summed E-state index contributed by atoms with van der Waals surface area (Å²) in [4.78, 5) is 13.4. The van der Waals surface area contributed by atoms with Crippen molar-refractivity contribution in [2.24, 2.45) is 0 Å². The lowest BCUT2D eigenvalue weighted by molar-refractivity contribution is -0.115. The maximum Gasteiger partial charge on any atom is 0.237 e. The van der Waals surface area contributed by atoms with Gasteiger partial charge in [0.2, 0.25) is 5.91 Å². The average Bonchev–Trinajstić information content (AvgIpc) is 2.49. The summed E-state index contributed by atoms with van der Waals surface area (Å²) < 4.78 is 1.15. The topological polar surface area (TPSA) is 29.1 Å². The minimum Gasteiger partial charge on any atom is -0.325 e. The van der Waals surface area contributed by atoms with Crippen molar-refractivity contribution in [1.82, 2.24) is 0 Å². The van der Waals surface area contributed by atoms with Crippen molar-refractivity contribution in [2.75, 3.05) is 5.32 Å². The minimum atomic E-state index is -0.120. The van der Waals surface area contributed by atoms with Gasteiger partial charge in [0, 0.05) is 19.2 Å². The summed E-state index contributed by atoms with van der Waals surface area (Å²) in [6.07, 6.45) is 0.767. The van der Waals surface area contributed by atoms with Gasteiger partial charge < -0.3 is 5.32 Å². The average molecular weight is 432 g/mol. The van der Waals surface area contributed by atoms with Crippen LogP contribution in [0.3, 0.4) is 0 Å². The number of carbonyl (C=O) groups excluding carboxylic acids is 1. The van der Waals surface area contributed by atoms with Gasteiger partial charge >= 0.3 is 0 Å². The third-order valence-corrected chi connectivity index (χ3v) is 5.21. The molecule has 0 unspecified atom stereocenters. The van der Waals surface area contributed by atoms with Gasteiger partial charge in [-0.2, -0.15) is 0 Å². The van der Waals surface area contributed by atoms with Crippen LogP contribution in [0.5, 0.6) is 0 Å². The Bertz CT molecular complexity index is 601. The molecule has 0 bridgehead atoms. The van der Waals surface area contributed by atoms with Gasteiger partial charge in [0.05, 0.1) is 5.25 Å². The van der Waals surface area contributed by atoms with Crippen molar-refractivity contribution in [3.8, 4) is 0 Å². The number of amides is 1. The van der Waals surface area contributed by atoms with Crippen molar-refractivity contribution in [2.45, 2.75) is 23.5 Å². The predicted octanol–water partition coefficient (Wildman–Crippen LogP) is 5.45. The lowest BCUT2D eigenvalue weighted by atomic mass is 10.3. The van der Waals surface area contributed by atoms with E-state index in [2.05, 4.69) is 27.9 Å². The molecule has 0 radical (unpaired) electrons. The molecule has 1 amide bonds. The van der Waals surface area contributed by atoms with E-state index in [1.807, 2.05) is 55.5 Å². The Hall–Kier alpha value is -0.720. The molecule has 0 aromatic heterocycles. The van der Waals surface area contributed by atoms with Gasteiger partial charge in [-0.3, -0.25) is 4.79 Å². The van der Waals surface area contributed by atoms with Crippen molar-refractivity contribution in [3.63, 3.8) is 0 Å². The van der Waals surface area contributed by atoms with Crippen LogP contribution in [0.15, 0.2) is 53.4 Å². The van der Waals surface area contributed by atoms with E-state index in [1.165, 1.54) is 0 Å². The van der Waals surface area contributed by atoms with Crippen LogP contribution in [0, 0.1) is 3.57 Å². The van der Waals surface area contributed by atoms with E-state index in [1.54, 1.807) is 11.8 Å². The minimum absolute atomic E-state index is 0.0265. The molecule has 0 saturated carbocycles. The Morgan fingerprint density at radius 2 is 1.81 bits per heavy atom. The fourth-order valence-corrected chi connectivity index (χ4v) is 3.20. The molecule has 2 aromatic carbocycles. The number of halogens is 2. The van der Waals surface area contributed by atoms with Crippen molar-refractivity contribution < 1.29 is 4.79 Å². The monoisotopic (exact) mass is 431 g/mol. The van der Waals surface area contributed by atoms with Gasteiger partial charge in [-0.1, -0.05) is 18.5 Å². The molecule has 5 heteroatoms. The third-order valence-electron chi connectivity index (χ3n) is 2.87. The standard InChI is InChI=1S/C16H15ClINOS/c1-2-15(21-14-9-3-11(17)4-10-14)16(20)19-13-7-5-12(18)6-8-13/h3-10,15H,2H2,1H3,(H,19,20)/t15-/m0/s1. The van der Waals surface area contributed by atoms with Crippen LogP contribution < -0.4 is 5.32 Å². The van der Waals surface area contributed by atoms with E-state index in [0.29, 0.717) is 5.02 Å². The van der Waals surface area contributed by atoms with E-state index in [9.17, 15) is 4.79 Å². The van der Waals surface area contributed by atoms with E-state index >= 15 is 0 Å². The summed E-state index contributed by atoms with van der Waals surface area (Å²) in [6.45, 7) is 2.01. The Labute approximate surface area is 147 Å². The number of nitrogens with one attached hydrogen (secondary N) is 1. The molecular formula is C16H15ClINOS. The number of hydrogen-bond acceptors (Lipinski definition) is 2. The number of rotatable bonds is 5. The highest BCUT2D eigenvalue weighted by Crippen LogP contribution is 2.27. The van der Waals surface area contributed by atoms with Gasteiger partial charge in [-0.25, -0.2) is 0 Å². The molecule has 0 heterocycles. The fourth-order valence-electron chi connectivity index (χ4n) is 1.76. The molecule has 1 atom stereocenters. The van der Waals surface area contributed by atoms with Crippen LogP contribution in [0.25, 0.3) is 0 Å². The van der Waals surface area contributed by atoms with E-state index < -0.39 is 0 Å². The second kappa shape index (κ2) is 8.06. The van der Waals surface area contributed by atoms with Crippen LogP contribution in [0.2, 0.25) is 5.02 Å². The van der Waals surface area contributed by atoms with E-state index in [0.717, 1.165) is 20.6 Å². The quantitative estimate of drug-likeness (QED) is 0.503. The molecule has 2 rings (SSSR count). The zero-order chi connectivity index (χ0) is 15.2. The first-order valence-electron chi connectivity index (χ1n) is 6.57. The lowest BCUT2D eigenvalue weighted by Crippen LogP contribution is -2.24. The first-order valence-corrected chi connectivity index (χ1v) is 8.91. The van der Waals surface area contributed by atoms with Crippen LogP contribution in [-0.2, 0) is 4.79 Å². The highest BCUT2D eigenvalue weighted by Gasteiger charge is 2.18. The normalized spacial score (nSPS) is 12.0. The van der Waals surface area contributed by atoms with Gasteiger partial charge in [0.1, 0.15) is 0 Å². The Morgan fingerprint density at radius 1 is 1.19 bits per heavy atom. The third kappa shape index (κ3) is 5.20. The van der Waals surface area contributed by atoms with Crippen LogP contribution in [0.4, 0.5) is 5.69 Å². The van der Waals surface area contributed by atoms with Gasteiger partial charge in [-0.15, -0.1) is 11.8 Å². The Morgan fingerprint density at radius 3 is 2.38 bits per heavy atom. The van der Waals surface area contributed by atoms with Gasteiger partial charge in [0.15, 0.2) is 0 Å². The SMILES string of the molecule is CC[C@H](Sc1ccc(Cl)cc1)C(=O)Nc1ccc(I)cc1. The van der Waals surface area contributed by atoms with Crippen LogP contribution in [-0.4, -0.2) is 11.2 Å². The fraction of sp³-hybridized carbons (Fsp3) is 0.188. The summed E-state index contributed by atoms with van der Waals surface area (Å²) in [5, 5.41) is 3.55. The number of anilines is 1. The highest BCUT2D eigenvalue weighted by atomic mass is 127. The van der Waals surface area contributed by atoms with Crippen molar-refractivity contribution in [1.29, 1.82) is 0 Å². The smallest absolute Gasteiger partial charge is 0.237 e. The van der Waals surface area contributed by atoms with Gasteiger partial charge in [-0.05, 0) is 77.5 Å². The molecule has 0 saturated heterocycles. The van der Waals surface area contributed by atoms with E-state index in [-0.39, 0.29) is 11.2 Å². The molecule has 110 valence electrons. The molecule has 2 aromatic rings. The summed E-state index contributed by atoms with van der Waals surface area (Å²) >= 11 is 9.67. The summed E-state index contributed by atoms with van der Waals surface area (Å²) in [7, 11) is 0. The summed E-state index contributed by atoms with van der Waals surface area (Å²) in [6, 6.07) is 15.3. The van der Waals surface area contributed by atoms with Crippen molar-refractivity contribution >= 4 is 57.5 Å². The molecule has 0 spiro atoms. The first kappa shape index (κ1) is 16.6. The summed E-state index contributed by atoms with van der Waals surface area (Å²) in [5.41, 5.74) is 0.829. The van der Waals surface area contributed by atoms with Crippen molar-refractivity contribution in [3.05, 3.63) is 57.1 Å². The number of carbonyl (C=O) groups is 1. The second-order valence-corrected chi connectivity index (χ2v) is 7.42. The number of hydrogen-bond donors (Lipinski definition) is 1. The molecule has 0 fully saturated rings.